The quantitative estimate of drug-likeness (QED) is 0.793. The molecule has 1 aromatic rings. The summed E-state index contributed by atoms with van der Waals surface area (Å²) in [5.41, 5.74) is -0.0528. The lowest BCUT2D eigenvalue weighted by atomic mass is 10.1. The Kier molecular flexibility index (Phi) is 5.57. The summed E-state index contributed by atoms with van der Waals surface area (Å²) in [6.45, 7) is 5.20. The molecule has 0 bridgehead atoms. The SMILES string of the molecule is CC(C)(C)OC(=O)Nc1ccc(Cl)c([C@H](O)CC(=O)O)c1. The van der Waals surface area contributed by atoms with E-state index in [0.717, 1.165) is 0 Å². The number of benzene rings is 1. The van der Waals surface area contributed by atoms with Gasteiger partial charge < -0.3 is 14.9 Å². The van der Waals surface area contributed by atoms with Crippen LogP contribution in [0.5, 0.6) is 0 Å². The number of anilines is 1. The van der Waals surface area contributed by atoms with Gasteiger partial charge in [-0.15, -0.1) is 0 Å². The maximum absolute atomic E-state index is 11.6. The van der Waals surface area contributed by atoms with Gasteiger partial charge in [0.1, 0.15) is 5.60 Å². The highest BCUT2D eigenvalue weighted by Gasteiger charge is 2.19. The van der Waals surface area contributed by atoms with Crippen molar-refractivity contribution in [3.05, 3.63) is 28.8 Å². The maximum Gasteiger partial charge on any atom is 0.412 e. The maximum atomic E-state index is 11.6. The van der Waals surface area contributed by atoms with Crippen LogP contribution in [0, 0.1) is 0 Å². The fourth-order valence-corrected chi connectivity index (χ4v) is 1.82. The van der Waals surface area contributed by atoms with E-state index in [9.17, 15) is 14.7 Å². The number of carbonyl (C=O) groups is 2. The molecular weight excluding hydrogens is 298 g/mol. The van der Waals surface area contributed by atoms with Crippen molar-refractivity contribution in [2.24, 2.45) is 0 Å². The first-order chi connectivity index (χ1) is 9.58. The zero-order valence-electron chi connectivity index (χ0n) is 12.0. The molecule has 21 heavy (non-hydrogen) atoms. The lowest BCUT2D eigenvalue weighted by Gasteiger charge is -2.20. The molecule has 1 rings (SSSR count). The number of carboxylic acids is 1. The highest BCUT2D eigenvalue weighted by molar-refractivity contribution is 6.31. The molecule has 0 aliphatic rings. The highest BCUT2D eigenvalue weighted by atomic mass is 35.5. The minimum atomic E-state index is -1.25. The van der Waals surface area contributed by atoms with Crippen molar-refractivity contribution in [3.8, 4) is 0 Å². The fourth-order valence-electron chi connectivity index (χ4n) is 1.57. The fraction of sp³-hybridized carbons (Fsp3) is 0.429. The summed E-state index contributed by atoms with van der Waals surface area (Å²) in [6.07, 6.45) is -2.38. The number of halogens is 1. The Morgan fingerprint density at radius 3 is 2.52 bits per heavy atom. The first kappa shape index (κ1) is 17.3. The van der Waals surface area contributed by atoms with Gasteiger partial charge in [-0.1, -0.05) is 11.6 Å². The van der Waals surface area contributed by atoms with Gasteiger partial charge in [-0.3, -0.25) is 10.1 Å². The molecular formula is C14H18ClNO5. The number of carbonyl (C=O) groups excluding carboxylic acids is 1. The average Bonchev–Trinajstić information content (AvgIpc) is 2.28. The minimum absolute atomic E-state index is 0.221. The molecule has 0 saturated heterocycles. The number of rotatable bonds is 4. The van der Waals surface area contributed by atoms with Crippen LogP contribution in [-0.4, -0.2) is 27.9 Å². The molecule has 0 fully saturated rings. The van der Waals surface area contributed by atoms with E-state index in [1.54, 1.807) is 20.8 Å². The van der Waals surface area contributed by atoms with E-state index in [4.69, 9.17) is 21.4 Å². The van der Waals surface area contributed by atoms with Crippen LogP contribution in [-0.2, 0) is 9.53 Å². The number of carboxylic acid groups (broad SMARTS) is 1. The van der Waals surface area contributed by atoms with Crippen molar-refractivity contribution in [1.29, 1.82) is 0 Å². The summed E-state index contributed by atoms with van der Waals surface area (Å²) in [5, 5.41) is 21.2. The molecule has 0 unspecified atom stereocenters. The van der Waals surface area contributed by atoms with E-state index in [1.807, 2.05) is 0 Å². The number of nitrogens with one attached hydrogen (secondary N) is 1. The molecule has 0 aliphatic carbocycles. The van der Waals surface area contributed by atoms with Gasteiger partial charge in [0.15, 0.2) is 0 Å². The zero-order valence-corrected chi connectivity index (χ0v) is 12.8. The molecule has 1 amide bonds. The van der Waals surface area contributed by atoms with Crippen molar-refractivity contribution in [2.45, 2.75) is 38.9 Å². The number of aliphatic hydroxyl groups is 1. The number of ether oxygens (including phenoxy) is 1. The summed E-state index contributed by atoms with van der Waals surface area (Å²) < 4.78 is 5.10. The van der Waals surface area contributed by atoms with Crippen molar-refractivity contribution in [3.63, 3.8) is 0 Å². The summed E-state index contributed by atoms with van der Waals surface area (Å²) in [7, 11) is 0. The minimum Gasteiger partial charge on any atom is -0.481 e. The normalized spacial score (nSPS) is 12.6. The molecule has 0 saturated carbocycles. The van der Waals surface area contributed by atoms with Gasteiger partial charge >= 0.3 is 12.1 Å². The Hall–Kier alpha value is -1.79. The Morgan fingerprint density at radius 1 is 1.38 bits per heavy atom. The predicted molar refractivity (Wildman–Crippen MR) is 78.5 cm³/mol. The Morgan fingerprint density at radius 2 is 2.00 bits per heavy atom. The van der Waals surface area contributed by atoms with E-state index in [2.05, 4.69) is 5.32 Å². The lowest BCUT2D eigenvalue weighted by molar-refractivity contribution is -0.139. The molecule has 0 aromatic heterocycles. The largest absolute Gasteiger partial charge is 0.481 e. The van der Waals surface area contributed by atoms with E-state index in [-0.39, 0.29) is 10.6 Å². The van der Waals surface area contributed by atoms with Crippen LogP contribution in [0.2, 0.25) is 5.02 Å². The molecule has 0 radical (unpaired) electrons. The summed E-state index contributed by atoms with van der Waals surface area (Å²) in [6, 6.07) is 4.41. The second-order valence-electron chi connectivity index (χ2n) is 5.48. The van der Waals surface area contributed by atoms with E-state index < -0.39 is 30.2 Å². The molecule has 3 N–H and O–H groups in total. The Bertz CT molecular complexity index is 539. The second-order valence-corrected chi connectivity index (χ2v) is 5.88. The van der Waals surface area contributed by atoms with Gasteiger partial charge in [0, 0.05) is 16.3 Å². The average molecular weight is 316 g/mol. The van der Waals surface area contributed by atoms with Crippen molar-refractivity contribution < 1.29 is 24.5 Å². The smallest absolute Gasteiger partial charge is 0.412 e. The zero-order chi connectivity index (χ0) is 16.2. The van der Waals surface area contributed by atoms with Crippen LogP contribution in [0.4, 0.5) is 10.5 Å². The number of aliphatic carboxylic acids is 1. The number of amides is 1. The molecule has 7 heteroatoms. The predicted octanol–water partition coefficient (Wildman–Crippen LogP) is 3.20. The number of hydrogen-bond acceptors (Lipinski definition) is 4. The molecule has 0 aliphatic heterocycles. The van der Waals surface area contributed by atoms with Gasteiger partial charge in [0.2, 0.25) is 0 Å². The Balaban J connectivity index is 2.86. The molecule has 116 valence electrons. The summed E-state index contributed by atoms with van der Waals surface area (Å²) >= 11 is 5.92. The van der Waals surface area contributed by atoms with E-state index in [1.165, 1.54) is 18.2 Å². The monoisotopic (exact) mass is 315 g/mol. The van der Waals surface area contributed by atoms with Crippen LogP contribution < -0.4 is 5.32 Å². The molecule has 1 aromatic carbocycles. The molecule has 0 heterocycles. The molecule has 6 nitrogen and oxygen atoms in total. The van der Waals surface area contributed by atoms with Crippen LogP contribution in [0.15, 0.2) is 18.2 Å². The first-order valence-electron chi connectivity index (χ1n) is 6.28. The van der Waals surface area contributed by atoms with Crippen molar-refractivity contribution in [2.75, 3.05) is 5.32 Å². The van der Waals surface area contributed by atoms with Crippen LogP contribution in [0.3, 0.4) is 0 Å². The topological polar surface area (TPSA) is 95.9 Å². The third-order valence-corrected chi connectivity index (χ3v) is 2.71. The van der Waals surface area contributed by atoms with Crippen LogP contribution >= 0.6 is 11.6 Å². The van der Waals surface area contributed by atoms with E-state index >= 15 is 0 Å². The van der Waals surface area contributed by atoms with Gasteiger partial charge in [0.05, 0.1) is 12.5 Å². The van der Waals surface area contributed by atoms with Crippen LogP contribution in [0.25, 0.3) is 0 Å². The first-order valence-corrected chi connectivity index (χ1v) is 6.65. The molecule has 0 spiro atoms. The number of hydrogen-bond donors (Lipinski definition) is 3. The Labute approximate surface area is 127 Å². The third kappa shape index (κ3) is 6.01. The van der Waals surface area contributed by atoms with Gasteiger partial charge in [-0.25, -0.2) is 4.79 Å². The second kappa shape index (κ2) is 6.78. The number of aliphatic hydroxyl groups excluding tert-OH is 1. The lowest BCUT2D eigenvalue weighted by Crippen LogP contribution is -2.27. The summed E-state index contributed by atoms with van der Waals surface area (Å²) in [4.78, 5) is 22.3. The third-order valence-electron chi connectivity index (χ3n) is 2.37. The highest BCUT2D eigenvalue weighted by Crippen LogP contribution is 2.28. The van der Waals surface area contributed by atoms with Gasteiger partial charge in [0.25, 0.3) is 0 Å². The van der Waals surface area contributed by atoms with Crippen molar-refractivity contribution >= 4 is 29.4 Å². The summed E-state index contributed by atoms with van der Waals surface area (Å²) in [5.74, 6) is -1.15. The van der Waals surface area contributed by atoms with Gasteiger partial charge in [-0.2, -0.15) is 0 Å². The standard InChI is InChI=1S/C14H18ClNO5/c1-14(2,3)21-13(20)16-8-4-5-10(15)9(6-8)11(17)7-12(18)19/h4-6,11,17H,7H2,1-3H3,(H,16,20)(H,18,19)/t11-/m1/s1. The molecule has 1 atom stereocenters. The van der Waals surface area contributed by atoms with Gasteiger partial charge in [-0.05, 0) is 39.0 Å². The van der Waals surface area contributed by atoms with E-state index in [0.29, 0.717) is 5.69 Å². The van der Waals surface area contributed by atoms with Crippen molar-refractivity contribution in [1.82, 2.24) is 0 Å². The van der Waals surface area contributed by atoms with Crippen LogP contribution in [0.1, 0.15) is 38.9 Å².